The van der Waals surface area contributed by atoms with E-state index < -0.39 is 77.3 Å². The molecule has 0 spiro atoms. The van der Waals surface area contributed by atoms with Crippen LogP contribution in [-0.2, 0) is 19.3 Å². The highest BCUT2D eigenvalue weighted by molar-refractivity contribution is 7.91. The monoisotopic (exact) mass is 626 g/mol. The fraction of sp³-hybridized carbons (Fsp3) is 0.684. The number of hydrogen-bond acceptors (Lipinski definition) is 4. The molecule has 0 N–H and O–H groups in total. The number of benzene rings is 1. The molecule has 0 aliphatic rings. The molecule has 0 aliphatic heterocycles. The third-order valence-electron chi connectivity index (χ3n) is 4.75. The van der Waals surface area contributed by atoms with Gasteiger partial charge in [0.05, 0.1) is 10.6 Å². The van der Waals surface area contributed by atoms with E-state index in [1.807, 2.05) is 0 Å². The van der Waals surface area contributed by atoms with E-state index in [9.17, 15) is 74.3 Å². The van der Waals surface area contributed by atoms with Crippen LogP contribution in [0.2, 0.25) is 0 Å². The number of alkyl halides is 15. The Balaban J connectivity index is 2.82. The van der Waals surface area contributed by atoms with Crippen molar-refractivity contribution in [2.24, 2.45) is 0 Å². The summed E-state index contributed by atoms with van der Waals surface area (Å²) in [5.41, 5.74) is 0.709. The first kappa shape index (κ1) is 35.1. The van der Waals surface area contributed by atoms with Gasteiger partial charge < -0.3 is 0 Å². The third kappa shape index (κ3) is 8.05. The third-order valence-corrected chi connectivity index (χ3v) is 6.57. The van der Waals surface area contributed by atoms with Crippen LogP contribution in [0.1, 0.15) is 31.2 Å². The maximum atomic E-state index is 13.6. The summed E-state index contributed by atoms with van der Waals surface area (Å²) in [5.74, 6) is -16.3. The van der Waals surface area contributed by atoms with Gasteiger partial charge in [-0.15, -0.1) is 0 Å². The van der Waals surface area contributed by atoms with Gasteiger partial charge in [-0.25, -0.2) is 17.9 Å². The molecule has 20 heteroatoms. The fourth-order valence-electron chi connectivity index (χ4n) is 2.61. The van der Waals surface area contributed by atoms with Gasteiger partial charge >= 0.3 is 42.5 Å². The SMILES string of the molecule is Cc1ccc(S(=O)(=O)CCCCCC(F)(F)OC(F)(F)C(F)(F)OC(F)(F)C(F)(F)C(F)(F)C(F)(F)F)cc1. The second-order valence-corrected chi connectivity index (χ2v) is 10.1. The molecule has 0 saturated heterocycles. The predicted octanol–water partition coefficient (Wildman–Crippen LogP) is 7.57. The zero-order valence-electron chi connectivity index (χ0n) is 19.1. The Morgan fingerprint density at radius 2 is 1.08 bits per heavy atom. The van der Waals surface area contributed by atoms with Gasteiger partial charge in [-0.05, 0) is 31.9 Å². The van der Waals surface area contributed by atoms with E-state index in [0.29, 0.717) is 5.56 Å². The number of unbranched alkanes of at least 4 members (excludes halogenated alkanes) is 2. The van der Waals surface area contributed by atoms with Crippen molar-refractivity contribution in [3.8, 4) is 0 Å². The van der Waals surface area contributed by atoms with E-state index in [4.69, 9.17) is 0 Å². The number of aryl methyl sites for hydroxylation is 1. The fourth-order valence-corrected chi connectivity index (χ4v) is 3.98. The van der Waals surface area contributed by atoms with Crippen molar-refractivity contribution in [3.63, 3.8) is 0 Å². The molecule has 228 valence electrons. The molecule has 0 fully saturated rings. The topological polar surface area (TPSA) is 52.6 Å². The van der Waals surface area contributed by atoms with Crippen LogP contribution in [-0.4, -0.2) is 56.6 Å². The molecule has 0 bridgehead atoms. The molecule has 0 aliphatic carbocycles. The van der Waals surface area contributed by atoms with Crippen LogP contribution < -0.4 is 0 Å². The molecule has 1 aromatic rings. The molecule has 0 heterocycles. The van der Waals surface area contributed by atoms with E-state index in [2.05, 4.69) is 4.74 Å². The number of ether oxygens (including phenoxy) is 2. The minimum atomic E-state index is -7.92. The molecule has 0 unspecified atom stereocenters. The van der Waals surface area contributed by atoms with Gasteiger partial charge in [-0.3, -0.25) is 0 Å². The molecule has 0 radical (unpaired) electrons. The first-order chi connectivity index (χ1) is 17.1. The Morgan fingerprint density at radius 1 is 0.615 bits per heavy atom. The lowest BCUT2D eigenvalue weighted by atomic mass is 10.1. The first-order valence-corrected chi connectivity index (χ1v) is 11.8. The average Bonchev–Trinajstić information content (AvgIpc) is 2.70. The van der Waals surface area contributed by atoms with Gasteiger partial charge in [-0.1, -0.05) is 24.1 Å². The highest BCUT2D eigenvalue weighted by Gasteiger charge is 2.85. The minimum absolute atomic E-state index is 0.140. The Hall–Kier alpha value is -1.96. The molecule has 0 saturated carbocycles. The minimum Gasteiger partial charge on any atom is -0.248 e. The first-order valence-electron chi connectivity index (χ1n) is 10.2. The maximum absolute atomic E-state index is 13.6. The number of hydrogen-bond donors (Lipinski definition) is 0. The lowest BCUT2D eigenvalue weighted by molar-refractivity contribution is -0.542. The van der Waals surface area contributed by atoms with Crippen LogP contribution >= 0.6 is 0 Å². The Labute approximate surface area is 210 Å². The molecule has 1 aromatic carbocycles. The van der Waals surface area contributed by atoms with Gasteiger partial charge in [0.25, 0.3) is 0 Å². The molecule has 0 amide bonds. The molecule has 0 atom stereocenters. The van der Waals surface area contributed by atoms with Gasteiger partial charge in [0.2, 0.25) is 0 Å². The van der Waals surface area contributed by atoms with Crippen LogP contribution in [0.4, 0.5) is 65.9 Å². The summed E-state index contributed by atoms with van der Waals surface area (Å²) in [5, 5.41) is 0. The Bertz CT molecular complexity index is 1070. The van der Waals surface area contributed by atoms with E-state index >= 15 is 0 Å². The summed E-state index contributed by atoms with van der Waals surface area (Å²) < 4.78 is 223. The summed E-state index contributed by atoms with van der Waals surface area (Å²) in [6, 6.07) is 5.37. The van der Waals surface area contributed by atoms with E-state index in [1.54, 1.807) is 11.7 Å². The van der Waals surface area contributed by atoms with E-state index in [1.165, 1.54) is 24.3 Å². The number of rotatable bonds is 14. The van der Waals surface area contributed by atoms with Crippen LogP contribution in [0, 0.1) is 6.92 Å². The van der Waals surface area contributed by atoms with Crippen LogP contribution in [0.5, 0.6) is 0 Å². The van der Waals surface area contributed by atoms with Crippen molar-refractivity contribution >= 4 is 9.84 Å². The van der Waals surface area contributed by atoms with Gasteiger partial charge in [0.15, 0.2) is 9.84 Å². The lowest BCUT2D eigenvalue weighted by Gasteiger charge is -2.36. The van der Waals surface area contributed by atoms with Crippen molar-refractivity contribution in [2.45, 2.75) is 80.0 Å². The molecule has 39 heavy (non-hydrogen) atoms. The molecular weight excluding hydrogens is 609 g/mol. The second kappa shape index (κ2) is 11.1. The van der Waals surface area contributed by atoms with Crippen LogP contribution in [0.25, 0.3) is 0 Å². The molecule has 0 aromatic heterocycles. The summed E-state index contributed by atoms with van der Waals surface area (Å²) in [6.07, 6.45) is -38.5. The van der Waals surface area contributed by atoms with Crippen LogP contribution in [0.15, 0.2) is 29.2 Å². The largest absolute Gasteiger partial charge is 0.460 e. The molecule has 1 rings (SSSR count). The lowest BCUT2D eigenvalue weighted by Crippen LogP contribution is -2.64. The van der Waals surface area contributed by atoms with E-state index in [-0.39, 0.29) is 11.3 Å². The standard InChI is InChI=1S/C19H17F15O4S/c1-11-5-7-12(8-6-11)39(35,36)10-4-2-3-9-13(20,21)37-18(31,32)19(33,34)38-17(29,30)15(24,25)14(22,23)16(26,27)28/h5-8H,2-4,9-10H2,1H3. The molecular formula is C19H17F15O4S. The van der Waals surface area contributed by atoms with Crippen LogP contribution in [0.3, 0.4) is 0 Å². The summed E-state index contributed by atoms with van der Waals surface area (Å²) >= 11 is 0. The highest BCUT2D eigenvalue weighted by Crippen LogP contribution is 2.56. The van der Waals surface area contributed by atoms with Gasteiger partial charge in [0.1, 0.15) is 0 Å². The summed E-state index contributed by atoms with van der Waals surface area (Å²) in [6.45, 7) is 1.65. The van der Waals surface area contributed by atoms with Crippen molar-refractivity contribution in [3.05, 3.63) is 29.8 Å². The summed E-state index contributed by atoms with van der Waals surface area (Å²) in [4.78, 5) is -0.140. The quantitative estimate of drug-likeness (QED) is 0.158. The average molecular weight is 626 g/mol. The predicted molar refractivity (Wildman–Crippen MR) is 99.6 cm³/mol. The number of sulfone groups is 1. The van der Waals surface area contributed by atoms with Crippen molar-refractivity contribution in [1.29, 1.82) is 0 Å². The van der Waals surface area contributed by atoms with Crippen molar-refractivity contribution in [2.75, 3.05) is 5.75 Å². The van der Waals surface area contributed by atoms with Gasteiger partial charge in [-0.2, -0.15) is 65.9 Å². The normalized spacial score (nSPS) is 15.1. The number of halogens is 15. The zero-order valence-corrected chi connectivity index (χ0v) is 19.9. The maximum Gasteiger partial charge on any atom is 0.460 e. The Morgan fingerprint density at radius 3 is 1.54 bits per heavy atom. The summed E-state index contributed by atoms with van der Waals surface area (Å²) in [7, 11) is -3.90. The van der Waals surface area contributed by atoms with E-state index in [0.717, 1.165) is 0 Å². The van der Waals surface area contributed by atoms with Gasteiger partial charge in [0, 0.05) is 6.42 Å². The molecule has 4 nitrogen and oxygen atoms in total. The second-order valence-electron chi connectivity index (χ2n) is 7.98. The highest BCUT2D eigenvalue weighted by atomic mass is 32.2. The Kier molecular flexibility index (Phi) is 10.0. The van der Waals surface area contributed by atoms with Crippen molar-refractivity contribution in [1.82, 2.24) is 0 Å². The smallest absolute Gasteiger partial charge is 0.248 e. The van der Waals surface area contributed by atoms with Crippen molar-refractivity contribution < 1.29 is 83.7 Å². The zero-order chi connectivity index (χ0) is 30.9.